The molecule has 0 aliphatic heterocycles. The van der Waals surface area contributed by atoms with Gasteiger partial charge in [0, 0.05) is 5.56 Å². The number of carbonyl (C=O) groups excluding carboxylic acids is 2. The molecular formula is C18H18F2N2O5S. The van der Waals surface area contributed by atoms with Crippen LogP contribution >= 0.6 is 0 Å². The van der Waals surface area contributed by atoms with E-state index in [1.165, 1.54) is 0 Å². The summed E-state index contributed by atoms with van der Waals surface area (Å²) in [4.78, 5) is 23.1. The number of rotatable bonds is 6. The number of amides is 2. The lowest BCUT2D eigenvalue weighted by Crippen LogP contribution is -2.43. The second kappa shape index (κ2) is 8.79. The molecule has 0 spiro atoms. The zero-order chi connectivity index (χ0) is 20.9. The van der Waals surface area contributed by atoms with Crippen LogP contribution in [0.3, 0.4) is 0 Å². The first kappa shape index (κ1) is 21.3. The molecule has 0 heterocycles. The second-order valence-electron chi connectivity index (χ2n) is 5.87. The van der Waals surface area contributed by atoms with Crippen LogP contribution < -0.4 is 15.6 Å². The minimum absolute atomic E-state index is 0.0244. The van der Waals surface area contributed by atoms with Crippen molar-refractivity contribution in [3.8, 4) is 5.75 Å². The van der Waals surface area contributed by atoms with Crippen molar-refractivity contribution in [2.75, 3.05) is 6.61 Å². The molecule has 2 aromatic carbocycles. The number of hydrogen-bond donors (Lipinski definition) is 2. The van der Waals surface area contributed by atoms with Crippen molar-refractivity contribution in [3.05, 3.63) is 59.2 Å². The molecule has 2 rings (SSSR count). The van der Waals surface area contributed by atoms with E-state index in [4.69, 9.17) is 4.74 Å². The van der Waals surface area contributed by atoms with E-state index in [-0.39, 0.29) is 12.2 Å². The quantitative estimate of drug-likeness (QED) is 0.708. The second-order valence-corrected chi connectivity index (χ2v) is 7.78. The fourth-order valence-corrected chi connectivity index (χ4v) is 2.81. The van der Waals surface area contributed by atoms with E-state index in [0.29, 0.717) is 5.75 Å². The average molecular weight is 412 g/mol. The highest BCUT2D eigenvalue weighted by Gasteiger charge is 2.26. The molecule has 0 radical (unpaired) electrons. The number of hydrogen-bond acceptors (Lipinski definition) is 5. The van der Waals surface area contributed by atoms with Crippen LogP contribution in [0.15, 0.2) is 47.4 Å². The van der Waals surface area contributed by atoms with E-state index in [1.54, 1.807) is 12.1 Å². The summed E-state index contributed by atoms with van der Waals surface area (Å²) >= 11 is 0. The Hall–Kier alpha value is -3.01. The molecule has 150 valence electrons. The molecule has 0 unspecified atom stereocenters. The summed E-state index contributed by atoms with van der Waals surface area (Å²) in [5, 5.41) is 0. The van der Waals surface area contributed by atoms with E-state index >= 15 is 0 Å². The molecule has 10 heteroatoms. The van der Waals surface area contributed by atoms with E-state index < -0.39 is 32.3 Å². The molecule has 0 aromatic heterocycles. The van der Waals surface area contributed by atoms with Crippen LogP contribution in [0.1, 0.15) is 21.5 Å². The predicted octanol–water partition coefficient (Wildman–Crippen LogP) is 2.14. The fourth-order valence-electron chi connectivity index (χ4n) is 2.09. The third-order valence-corrected chi connectivity index (χ3v) is 5.24. The van der Waals surface area contributed by atoms with Gasteiger partial charge in [0.25, 0.3) is 11.8 Å². The summed E-state index contributed by atoms with van der Waals surface area (Å²) in [5.74, 6) is -4.42. The van der Waals surface area contributed by atoms with Gasteiger partial charge in [0.15, 0.2) is 6.61 Å². The van der Waals surface area contributed by atoms with Crippen LogP contribution in [0.25, 0.3) is 0 Å². The molecule has 28 heavy (non-hydrogen) atoms. The van der Waals surface area contributed by atoms with Crippen LogP contribution in [0.2, 0.25) is 0 Å². The summed E-state index contributed by atoms with van der Waals surface area (Å²) in [5.41, 5.74) is 6.32. The third-order valence-electron chi connectivity index (χ3n) is 3.84. The molecule has 7 nitrogen and oxygen atoms in total. The molecule has 2 aromatic rings. The maximum Gasteiger partial charge on any atom is 0.341 e. The topological polar surface area (TPSA) is 102 Å². The minimum atomic E-state index is -4.74. The Morgan fingerprint density at radius 1 is 1.00 bits per heavy atom. The summed E-state index contributed by atoms with van der Waals surface area (Å²) < 4.78 is 52.9. The maximum atomic E-state index is 12.5. The van der Waals surface area contributed by atoms with Gasteiger partial charge >= 0.3 is 5.76 Å². The monoisotopic (exact) mass is 412 g/mol. The zero-order valence-corrected chi connectivity index (χ0v) is 15.8. The number of hydrazine groups is 1. The van der Waals surface area contributed by atoms with Gasteiger partial charge in [0.05, 0.1) is 4.90 Å². The maximum absolute atomic E-state index is 12.5. The summed E-state index contributed by atoms with van der Waals surface area (Å²) in [6.07, 6.45) is 0. The highest BCUT2D eigenvalue weighted by molar-refractivity contribution is 7.91. The largest absolute Gasteiger partial charge is 0.484 e. The first-order valence-electron chi connectivity index (χ1n) is 8.02. The van der Waals surface area contributed by atoms with Crippen molar-refractivity contribution in [3.63, 3.8) is 0 Å². The Bertz CT molecular complexity index is 976. The van der Waals surface area contributed by atoms with Gasteiger partial charge in [-0.15, -0.1) is 0 Å². The van der Waals surface area contributed by atoms with Crippen LogP contribution in [-0.4, -0.2) is 32.6 Å². The van der Waals surface area contributed by atoms with E-state index in [1.807, 2.05) is 19.9 Å². The van der Waals surface area contributed by atoms with Crippen LogP contribution in [-0.2, 0) is 14.6 Å². The number of carbonyl (C=O) groups is 2. The number of nitrogens with one attached hydrogen (secondary N) is 2. The molecule has 2 N–H and O–H groups in total. The first-order chi connectivity index (χ1) is 13.1. The lowest BCUT2D eigenvalue weighted by molar-refractivity contribution is -0.123. The number of benzene rings is 2. The van der Waals surface area contributed by atoms with Gasteiger partial charge in [0.2, 0.25) is 9.84 Å². The molecule has 2 amide bonds. The number of aryl methyl sites for hydroxylation is 2. The van der Waals surface area contributed by atoms with Crippen molar-refractivity contribution in [1.29, 1.82) is 0 Å². The molecule has 0 saturated heterocycles. The smallest absolute Gasteiger partial charge is 0.341 e. The average Bonchev–Trinajstić information content (AvgIpc) is 2.67. The number of alkyl halides is 2. The van der Waals surface area contributed by atoms with Gasteiger partial charge in [0.1, 0.15) is 5.75 Å². The molecule has 0 bridgehead atoms. The highest BCUT2D eigenvalue weighted by Crippen LogP contribution is 2.18. The van der Waals surface area contributed by atoms with Gasteiger partial charge in [-0.05, 0) is 61.4 Å². The number of halogens is 2. The molecule has 0 aliphatic carbocycles. The Morgan fingerprint density at radius 3 is 2.21 bits per heavy atom. The predicted molar refractivity (Wildman–Crippen MR) is 96.7 cm³/mol. The van der Waals surface area contributed by atoms with E-state index in [0.717, 1.165) is 35.4 Å². The van der Waals surface area contributed by atoms with Crippen LogP contribution in [0, 0.1) is 13.8 Å². The lowest BCUT2D eigenvalue weighted by atomic mass is 10.1. The van der Waals surface area contributed by atoms with Gasteiger partial charge in [-0.25, -0.2) is 8.42 Å². The van der Waals surface area contributed by atoms with E-state index in [9.17, 15) is 26.8 Å². The van der Waals surface area contributed by atoms with Crippen molar-refractivity contribution in [1.82, 2.24) is 10.9 Å². The number of ether oxygens (including phenoxy) is 1. The normalized spacial score (nSPS) is 11.2. The van der Waals surface area contributed by atoms with Gasteiger partial charge in [-0.3, -0.25) is 20.4 Å². The Balaban J connectivity index is 1.87. The van der Waals surface area contributed by atoms with Crippen molar-refractivity contribution < 1.29 is 31.5 Å². The molecule has 0 atom stereocenters. The van der Waals surface area contributed by atoms with E-state index in [2.05, 4.69) is 10.9 Å². The Labute approximate surface area is 160 Å². The van der Waals surface area contributed by atoms with Crippen LogP contribution in [0.5, 0.6) is 5.75 Å². The molecular weight excluding hydrogens is 394 g/mol. The molecule has 0 fully saturated rings. The fraction of sp³-hybridized carbons (Fsp3) is 0.222. The molecule has 0 saturated carbocycles. The summed E-state index contributed by atoms with van der Waals surface area (Å²) in [7, 11) is -4.74. The number of sulfone groups is 1. The molecule has 0 aliphatic rings. The van der Waals surface area contributed by atoms with Crippen molar-refractivity contribution in [2.24, 2.45) is 0 Å². The van der Waals surface area contributed by atoms with Crippen molar-refractivity contribution >= 4 is 21.7 Å². The van der Waals surface area contributed by atoms with Gasteiger partial charge < -0.3 is 4.74 Å². The first-order valence-corrected chi connectivity index (χ1v) is 9.57. The Morgan fingerprint density at radius 2 is 1.64 bits per heavy atom. The van der Waals surface area contributed by atoms with Gasteiger partial charge in [-0.1, -0.05) is 6.07 Å². The zero-order valence-electron chi connectivity index (χ0n) is 15.0. The highest BCUT2D eigenvalue weighted by atomic mass is 32.2. The standard InChI is InChI=1S/C18H18F2N2O5S/c1-11-3-6-14(9-12(11)2)27-10-16(23)21-22-17(24)13-4-7-15(8-5-13)28(25,26)18(19)20/h3-9,18H,10H2,1-2H3,(H,21,23)(H,22,24). The Kier molecular flexibility index (Phi) is 6.68. The summed E-state index contributed by atoms with van der Waals surface area (Å²) in [6.45, 7) is 3.51. The third kappa shape index (κ3) is 5.26. The van der Waals surface area contributed by atoms with Gasteiger partial charge in [-0.2, -0.15) is 8.78 Å². The van der Waals surface area contributed by atoms with Crippen LogP contribution in [0.4, 0.5) is 8.78 Å². The summed E-state index contributed by atoms with van der Waals surface area (Å²) in [6, 6.07) is 9.23. The lowest BCUT2D eigenvalue weighted by Gasteiger charge is -2.10. The SMILES string of the molecule is Cc1ccc(OCC(=O)NNC(=O)c2ccc(S(=O)(=O)C(F)F)cc2)cc1C. The minimum Gasteiger partial charge on any atom is -0.484 e. The van der Waals surface area contributed by atoms with Crippen molar-refractivity contribution in [2.45, 2.75) is 24.5 Å².